The Hall–Kier alpha value is -4.40. The molecule has 384 valence electrons. The minimum absolute atomic E-state index is 0.00302. The number of alkyl halides is 7. The molecule has 3 heterocycles. The fourth-order valence-electron chi connectivity index (χ4n) is 10.2. The van der Waals surface area contributed by atoms with Crippen LogP contribution in [0.2, 0.25) is 10.0 Å². The highest BCUT2D eigenvalue weighted by Gasteiger charge is 2.75. The first-order valence-electron chi connectivity index (χ1n) is 23.4. The Balaban J connectivity index is 1.28. The van der Waals surface area contributed by atoms with Crippen LogP contribution in [-0.4, -0.2) is 155 Å². The van der Waals surface area contributed by atoms with E-state index in [0.29, 0.717) is 23.3 Å². The zero-order valence-corrected chi connectivity index (χ0v) is 40.4. The molecule has 7 amide bonds. The van der Waals surface area contributed by atoms with Crippen LogP contribution in [0.15, 0.2) is 18.2 Å². The van der Waals surface area contributed by atoms with Gasteiger partial charge in [0.15, 0.2) is 5.41 Å². The van der Waals surface area contributed by atoms with E-state index in [9.17, 15) is 59.9 Å². The molecule has 0 unspecified atom stereocenters. The van der Waals surface area contributed by atoms with Crippen molar-refractivity contribution >= 4 is 64.6 Å². The Morgan fingerprint density at radius 1 is 0.913 bits per heavy atom. The predicted octanol–water partition coefficient (Wildman–Crippen LogP) is 5.55. The van der Waals surface area contributed by atoms with Crippen molar-refractivity contribution in [2.24, 2.45) is 17.3 Å². The third kappa shape index (κ3) is 12.0. The maximum Gasteiger partial charge on any atom is 0.403 e. The van der Waals surface area contributed by atoms with E-state index in [4.69, 9.17) is 23.2 Å². The number of carbonyl (C=O) groups excluding carboxylic acids is 7. The van der Waals surface area contributed by atoms with Crippen molar-refractivity contribution in [3.8, 4) is 0 Å². The summed E-state index contributed by atoms with van der Waals surface area (Å²) in [5, 5.41) is 8.51. The van der Waals surface area contributed by atoms with E-state index in [1.54, 1.807) is 13.8 Å². The van der Waals surface area contributed by atoms with E-state index >= 15 is 4.39 Å². The zero-order chi connectivity index (χ0) is 50.9. The summed E-state index contributed by atoms with van der Waals surface area (Å²) in [7, 11) is 2.62. The van der Waals surface area contributed by atoms with E-state index in [0.717, 1.165) is 21.1 Å². The summed E-state index contributed by atoms with van der Waals surface area (Å²) in [6, 6.07) is -4.03. The topological polar surface area (TPSA) is 169 Å². The zero-order valence-electron chi connectivity index (χ0n) is 38.9. The molecule has 2 saturated carbocycles. The molecule has 69 heavy (non-hydrogen) atoms. The van der Waals surface area contributed by atoms with Crippen LogP contribution in [0.4, 0.5) is 30.7 Å². The molecule has 3 aliphatic heterocycles. The number of likely N-dealkylation sites (tertiary alicyclic amines) is 1. The average molecular weight is 1030 g/mol. The van der Waals surface area contributed by atoms with Gasteiger partial charge in [-0.25, -0.2) is 17.6 Å². The molecule has 5 fully saturated rings. The summed E-state index contributed by atoms with van der Waals surface area (Å²) < 4.78 is 101. The van der Waals surface area contributed by atoms with Gasteiger partial charge in [-0.1, -0.05) is 56.3 Å². The van der Waals surface area contributed by atoms with Gasteiger partial charge in [-0.2, -0.15) is 13.2 Å². The van der Waals surface area contributed by atoms with Crippen molar-refractivity contribution in [2.75, 3.05) is 33.7 Å². The smallest absolute Gasteiger partial charge is 0.354 e. The molecule has 8 atom stereocenters. The Morgan fingerprint density at radius 2 is 1.58 bits per heavy atom. The number of nitrogens with zero attached hydrogens (tertiary/aromatic N) is 4. The van der Waals surface area contributed by atoms with Crippen LogP contribution in [0.5, 0.6) is 0 Å². The van der Waals surface area contributed by atoms with Crippen molar-refractivity contribution in [3.05, 3.63) is 33.8 Å². The third-order valence-electron chi connectivity index (χ3n) is 14.3. The second-order valence-corrected chi connectivity index (χ2v) is 20.7. The van der Waals surface area contributed by atoms with Gasteiger partial charge in [-0.15, -0.1) is 0 Å². The maximum atomic E-state index is 15.1. The van der Waals surface area contributed by atoms with E-state index < -0.39 is 140 Å². The SMILES string of the molecule is CC(C)C[C@@H]1NC(=O)[C@@H](N(C)C(=O)[C@H](CC2CCC2)NC(=O)[C@@H]2C[C@@H](F)CN2C(=O)C2(C(F)(F)F)CC(F)(F)C2)CCCCNC(=O)[C@H]2C[C@@H](F)CN2C(=O)[C@H](Cc2cc(Cl)ccc2Cl)N(C)C1=O. The molecule has 0 aromatic heterocycles. The molecule has 0 bridgehead atoms. The summed E-state index contributed by atoms with van der Waals surface area (Å²) in [5.74, 6) is -10.9. The van der Waals surface area contributed by atoms with Gasteiger partial charge in [0.2, 0.25) is 41.4 Å². The number of likely N-dealkylation sites (N-methyl/N-ethyl adjacent to an activating group) is 2. The first-order valence-corrected chi connectivity index (χ1v) is 24.2. The lowest BCUT2D eigenvalue weighted by Crippen LogP contribution is -2.65. The van der Waals surface area contributed by atoms with Crippen LogP contribution >= 0.6 is 23.2 Å². The van der Waals surface area contributed by atoms with Crippen molar-refractivity contribution in [3.63, 3.8) is 0 Å². The lowest BCUT2D eigenvalue weighted by molar-refractivity contribution is -0.299. The maximum absolute atomic E-state index is 15.1. The van der Waals surface area contributed by atoms with E-state index in [1.165, 1.54) is 32.3 Å². The Labute approximate surface area is 406 Å². The van der Waals surface area contributed by atoms with E-state index in [-0.39, 0.29) is 73.4 Å². The minimum atomic E-state index is -5.43. The van der Waals surface area contributed by atoms with Crippen molar-refractivity contribution in [2.45, 2.75) is 158 Å². The van der Waals surface area contributed by atoms with Crippen molar-refractivity contribution in [1.29, 1.82) is 0 Å². The second-order valence-electron chi connectivity index (χ2n) is 19.9. The Bertz CT molecular complexity index is 2130. The van der Waals surface area contributed by atoms with Crippen molar-refractivity contribution < 1.29 is 64.3 Å². The molecule has 14 nitrogen and oxygen atoms in total. The van der Waals surface area contributed by atoms with Crippen LogP contribution in [0.1, 0.15) is 96.5 Å². The van der Waals surface area contributed by atoms with Gasteiger partial charge in [0.05, 0.1) is 13.1 Å². The van der Waals surface area contributed by atoms with Crippen LogP contribution in [0.25, 0.3) is 0 Å². The van der Waals surface area contributed by atoms with Gasteiger partial charge in [0.25, 0.3) is 5.92 Å². The van der Waals surface area contributed by atoms with E-state index in [1.807, 2.05) is 0 Å². The lowest BCUT2D eigenvalue weighted by atomic mass is 9.64. The first-order chi connectivity index (χ1) is 32.2. The third-order valence-corrected chi connectivity index (χ3v) is 14.9. The molecule has 1 aromatic rings. The number of benzene rings is 1. The highest BCUT2D eigenvalue weighted by molar-refractivity contribution is 6.33. The predicted molar refractivity (Wildman–Crippen MR) is 238 cm³/mol. The number of carbonyl (C=O) groups is 7. The molecule has 5 aliphatic rings. The largest absolute Gasteiger partial charge is 0.403 e. The molecule has 2 aliphatic carbocycles. The fourth-order valence-corrected chi connectivity index (χ4v) is 10.6. The standard InChI is InChI=1S/C46H60Cl2F7N7O7/c1-24(2)14-31-40(66)60(4)36(17-26-16-27(47)11-12-30(26)48)42(68)61-20-28(49)18-34(61)37(63)56-13-6-5-10-33(38(64)57-31)59(3)41(67)32(15-25-8-7-9-25)58-39(65)35-19-29(50)21-62(35)43(69)44(46(53,54)55)22-45(51,52)23-44/h11-12,16,24-25,28-29,31-36H,5-10,13-15,17-23H2,1-4H3,(H,56,63)(H,57,64)(H,58,65)/t28-,29-,31+,32+,33+,34-,35+,36+/m1/s1. The summed E-state index contributed by atoms with van der Waals surface area (Å²) >= 11 is 12.8. The summed E-state index contributed by atoms with van der Waals surface area (Å²) in [4.78, 5) is 103. The van der Waals surface area contributed by atoms with Crippen LogP contribution < -0.4 is 16.0 Å². The van der Waals surface area contributed by atoms with Gasteiger partial charge < -0.3 is 35.6 Å². The Morgan fingerprint density at radius 3 is 2.19 bits per heavy atom. The number of amides is 7. The van der Waals surface area contributed by atoms with Crippen LogP contribution in [0, 0.1) is 17.3 Å². The second kappa shape index (κ2) is 21.5. The molecule has 0 radical (unpaired) electrons. The Kier molecular flexibility index (Phi) is 16.8. The number of hydrogen-bond donors (Lipinski definition) is 3. The minimum Gasteiger partial charge on any atom is -0.354 e. The average Bonchev–Trinajstić information content (AvgIpc) is 3.84. The quantitative estimate of drug-likeness (QED) is 0.245. The lowest BCUT2D eigenvalue weighted by Gasteiger charge is -2.48. The summed E-state index contributed by atoms with van der Waals surface area (Å²) in [6.45, 7) is 2.22. The van der Waals surface area contributed by atoms with Gasteiger partial charge in [-0.05, 0) is 67.7 Å². The highest BCUT2D eigenvalue weighted by atomic mass is 35.5. The van der Waals surface area contributed by atoms with Gasteiger partial charge in [0, 0.05) is 62.8 Å². The molecule has 1 aromatic carbocycles. The highest BCUT2D eigenvalue weighted by Crippen LogP contribution is 2.61. The monoisotopic (exact) mass is 1030 g/mol. The van der Waals surface area contributed by atoms with Gasteiger partial charge in [-0.3, -0.25) is 33.6 Å². The van der Waals surface area contributed by atoms with Crippen molar-refractivity contribution in [1.82, 2.24) is 35.6 Å². The number of halogens is 9. The number of fused-ring (bicyclic) bond motifs is 1. The first kappa shape index (κ1) is 53.9. The van der Waals surface area contributed by atoms with Crippen LogP contribution in [-0.2, 0) is 40.0 Å². The molecule has 6 rings (SSSR count). The van der Waals surface area contributed by atoms with Crippen LogP contribution in [0.3, 0.4) is 0 Å². The number of rotatable bonds is 11. The summed E-state index contributed by atoms with van der Waals surface area (Å²) in [6.07, 6.45) is -11.5. The van der Waals surface area contributed by atoms with Gasteiger partial charge >= 0.3 is 6.18 Å². The number of nitrogens with one attached hydrogen (secondary N) is 3. The number of hydrogen-bond acceptors (Lipinski definition) is 7. The molecular weight excluding hydrogens is 966 g/mol. The molecule has 23 heteroatoms. The normalized spacial score (nSPS) is 28.6. The molecule has 0 spiro atoms. The van der Waals surface area contributed by atoms with Gasteiger partial charge in [0.1, 0.15) is 48.6 Å². The molecule has 3 saturated heterocycles. The molecule has 3 N–H and O–H groups in total. The van der Waals surface area contributed by atoms with E-state index in [2.05, 4.69) is 16.0 Å². The summed E-state index contributed by atoms with van der Waals surface area (Å²) in [5.41, 5.74) is -3.16. The molecular formula is C46H60Cl2F7N7O7. The fraction of sp³-hybridized carbons (Fsp3) is 0.717.